The Kier molecular flexibility index (Phi) is 3.55. The van der Waals surface area contributed by atoms with Crippen LogP contribution < -0.4 is 11.1 Å². The van der Waals surface area contributed by atoms with Gasteiger partial charge in [-0.25, -0.2) is 4.79 Å². The summed E-state index contributed by atoms with van der Waals surface area (Å²) in [4.78, 5) is 14.4. The first-order valence-corrected chi connectivity index (χ1v) is 7.63. The summed E-state index contributed by atoms with van der Waals surface area (Å²) < 4.78 is 0. The van der Waals surface area contributed by atoms with Gasteiger partial charge in [-0.15, -0.1) is 0 Å². The summed E-state index contributed by atoms with van der Waals surface area (Å²) in [7, 11) is 0. The number of nitrogens with zero attached hydrogens (tertiary/aromatic N) is 1. The maximum atomic E-state index is 12.5. The van der Waals surface area contributed by atoms with Crippen LogP contribution >= 0.6 is 0 Å². The average molecular weight is 273 g/mol. The van der Waals surface area contributed by atoms with E-state index in [1.54, 1.807) is 0 Å². The van der Waals surface area contributed by atoms with Crippen LogP contribution in [0.1, 0.15) is 44.1 Å². The van der Waals surface area contributed by atoms with E-state index >= 15 is 0 Å². The third kappa shape index (κ3) is 2.60. The number of likely N-dealkylation sites (tertiary alicyclic amines) is 1. The fourth-order valence-corrected chi connectivity index (χ4v) is 3.08. The Morgan fingerprint density at radius 1 is 1.10 bits per heavy atom. The second kappa shape index (κ2) is 5.35. The lowest BCUT2D eigenvalue weighted by Gasteiger charge is -2.26. The van der Waals surface area contributed by atoms with Gasteiger partial charge in [0.15, 0.2) is 0 Å². The zero-order chi connectivity index (χ0) is 14.0. The number of benzene rings is 1. The van der Waals surface area contributed by atoms with E-state index in [2.05, 4.69) is 5.32 Å². The lowest BCUT2D eigenvalue weighted by molar-refractivity contribution is 0.194. The standard InChI is InChI=1S/C16H23N3O/c17-14-8-4-3-7-13(14)16(9-10-16)18-15(20)19-11-5-1-2-6-12-19/h3-4,7-8H,1-2,5-6,9-12,17H2,(H,18,20). The molecule has 4 heteroatoms. The van der Waals surface area contributed by atoms with Gasteiger partial charge in [-0.3, -0.25) is 0 Å². The number of para-hydroxylation sites is 1. The first kappa shape index (κ1) is 13.3. The minimum atomic E-state index is -0.214. The van der Waals surface area contributed by atoms with Crippen molar-refractivity contribution < 1.29 is 4.79 Å². The Hall–Kier alpha value is -1.71. The van der Waals surface area contributed by atoms with Crippen molar-refractivity contribution in [1.29, 1.82) is 0 Å². The van der Waals surface area contributed by atoms with Gasteiger partial charge in [0.05, 0.1) is 5.54 Å². The third-order valence-corrected chi connectivity index (χ3v) is 4.47. The van der Waals surface area contributed by atoms with E-state index in [0.717, 1.165) is 50.0 Å². The average Bonchev–Trinajstić information content (AvgIpc) is 3.23. The van der Waals surface area contributed by atoms with Crippen LogP contribution in [0.25, 0.3) is 0 Å². The maximum Gasteiger partial charge on any atom is 0.318 e. The zero-order valence-corrected chi connectivity index (χ0v) is 11.9. The van der Waals surface area contributed by atoms with Gasteiger partial charge in [0.1, 0.15) is 0 Å². The highest BCUT2D eigenvalue weighted by molar-refractivity contribution is 5.76. The normalized spacial score (nSPS) is 21.1. The maximum absolute atomic E-state index is 12.5. The van der Waals surface area contributed by atoms with Crippen molar-refractivity contribution in [2.45, 2.75) is 44.1 Å². The molecule has 2 fully saturated rings. The van der Waals surface area contributed by atoms with Crippen LogP contribution in [0.4, 0.5) is 10.5 Å². The van der Waals surface area contributed by atoms with E-state index < -0.39 is 0 Å². The molecule has 108 valence electrons. The third-order valence-electron chi connectivity index (χ3n) is 4.47. The summed E-state index contributed by atoms with van der Waals surface area (Å²) in [5.74, 6) is 0. The number of hydrogen-bond donors (Lipinski definition) is 2. The van der Waals surface area contributed by atoms with Gasteiger partial charge in [-0.1, -0.05) is 31.0 Å². The van der Waals surface area contributed by atoms with Crippen molar-refractivity contribution in [2.75, 3.05) is 18.8 Å². The first-order valence-electron chi connectivity index (χ1n) is 7.63. The molecule has 0 aromatic heterocycles. The molecule has 4 nitrogen and oxygen atoms in total. The predicted molar refractivity (Wildman–Crippen MR) is 80.3 cm³/mol. The summed E-state index contributed by atoms with van der Waals surface area (Å²) in [6.07, 6.45) is 6.69. The van der Waals surface area contributed by atoms with E-state index in [1.165, 1.54) is 12.8 Å². The number of carbonyl (C=O) groups is 1. The van der Waals surface area contributed by atoms with Gasteiger partial charge in [-0.2, -0.15) is 0 Å². The van der Waals surface area contributed by atoms with E-state index in [1.807, 2.05) is 29.2 Å². The minimum absolute atomic E-state index is 0.0765. The Balaban J connectivity index is 1.70. The topological polar surface area (TPSA) is 58.4 Å². The smallest absolute Gasteiger partial charge is 0.318 e. The van der Waals surface area contributed by atoms with E-state index in [9.17, 15) is 4.79 Å². The van der Waals surface area contributed by atoms with Crippen molar-refractivity contribution >= 4 is 11.7 Å². The molecule has 1 aliphatic carbocycles. The number of nitrogens with one attached hydrogen (secondary N) is 1. The lowest BCUT2D eigenvalue weighted by Crippen LogP contribution is -2.45. The molecule has 1 aromatic carbocycles. The molecule has 0 atom stereocenters. The lowest BCUT2D eigenvalue weighted by atomic mass is 10.0. The molecule has 1 aromatic rings. The van der Waals surface area contributed by atoms with Crippen molar-refractivity contribution in [2.24, 2.45) is 0 Å². The number of urea groups is 1. The molecule has 2 aliphatic rings. The van der Waals surface area contributed by atoms with Crippen molar-refractivity contribution in [3.05, 3.63) is 29.8 Å². The molecule has 0 radical (unpaired) electrons. The van der Waals surface area contributed by atoms with Gasteiger partial charge in [0, 0.05) is 24.3 Å². The Morgan fingerprint density at radius 2 is 1.75 bits per heavy atom. The van der Waals surface area contributed by atoms with Crippen LogP contribution in [0.15, 0.2) is 24.3 Å². The molecule has 1 saturated heterocycles. The fourth-order valence-electron chi connectivity index (χ4n) is 3.08. The number of anilines is 1. The van der Waals surface area contributed by atoms with Gasteiger partial charge in [0.25, 0.3) is 0 Å². The van der Waals surface area contributed by atoms with E-state index in [4.69, 9.17) is 5.73 Å². The van der Waals surface area contributed by atoms with Crippen LogP contribution in [0, 0.1) is 0 Å². The molecule has 0 bridgehead atoms. The molecular weight excluding hydrogens is 250 g/mol. The summed E-state index contributed by atoms with van der Waals surface area (Å²) in [5.41, 5.74) is 7.70. The molecule has 20 heavy (non-hydrogen) atoms. The van der Waals surface area contributed by atoms with E-state index in [-0.39, 0.29) is 11.6 Å². The SMILES string of the molecule is Nc1ccccc1C1(NC(=O)N2CCCCCC2)CC1. The largest absolute Gasteiger partial charge is 0.398 e. The van der Waals surface area contributed by atoms with Crippen LogP contribution in [0.3, 0.4) is 0 Å². The fraction of sp³-hybridized carbons (Fsp3) is 0.562. The summed E-state index contributed by atoms with van der Waals surface area (Å²) >= 11 is 0. The van der Waals surface area contributed by atoms with Crippen molar-refractivity contribution in [1.82, 2.24) is 10.2 Å². The zero-order valence-electron chi connectivity index (χ0n) is 11.9. The number of amides is 2. The number of nitrogens with two attached hydrogens (primary N) is 1. The monoisotopic (exact) mass is 273 g/mol. The van der Waals surface area contributed by atoms with Gasteiger partial charge >= 0.3 is 6.03 Å². The van der Waals surface area contributed by atoms with Crippen molar-refractivity contribution in [3.8, 4) is 0 Å². The predicted octanol–water partition coefficient (Wildman–Crippen LogP) is 2.84. The van der Waals surface area contributed by atoms with Crippen LogP contribution in [-0.2, 0) is 5.54 Å². The Bertz CT molecular complexity index is 488. The highest BCUT2D eigenvalue weighted by Crippen LogP contribution is 2.47. The molecule has 3 N–H and O–H groups in total. The van der Waals surface area contributed by atoms with Gasteiger partial charge in [-0.05, 0) is 31.7 Å². The quantitative estimate of drug-likeness (QED) is 0.814. The highest BCUT2D eigenvalue weighted by Gasteiger charge is 2.47. The molecule has 1 saturated carbocycles. The van der Waals surface area contributed by atoms with Crippen LogP contribution in [-0.4, -0.2) is 24.0 Å². The van der Waals surface area contributed by atoms with E-state index in [0.29, 0.717) is 0 Å². The number of carbonyl (C=O) groups excluding carboxylic acids is 1. The summed E-state index contributed by atoms with van der Waals surface area (Å²) in [6, 6.07) is 7.95. The number of hydrogen-bond acceptors (Lipinski definition) is 2. The Labute approximate surface area is 120 Å². The number of nitrogen functional groups attached to an aromatic ring is 1. The number of rotatable bonds is 2. The van der Waals surface area contributed by atoms with Gasteiger partial charge < -0.3 is 16.0 Å². The molecule has 1 heterocycles. The van der Waals surface area contributed by atoms with Gasteiger partial charge in [0.2, 0.25) is 0 Å². The minimum Gasteiger partial charge on any atom is -0.398 e. The second-order valence-corrected chi connectivity index (χ2v) is 6.00. The summed E-state index contributed by atoms with van der Waals surface area (Å²) in [6.45, 7) is 1.76. The first-order chi connectivity index (χ1) is 9.71. The second-order valence-electron chi connectivity index (χ2n) is 6.00. The molecule has 3 rings (SSSR count). The summed E-state index contributed by atoms with van der Waals surface area (Å²) in [5, 5.41) is 3.23. The molecule has 0 unspecified atom stereocenters. The Morgan fingerprint density at radius 3 is 2.35 bits per heavy atom. The van der Waals surface area contributed by atoms with Crippen molar-refractivity contribution in [3.63, 3.8) is 0 Å². The molecule has 1 aliphatic heterocycles. The highest BCUT2D eigenvalue weighted by atomic mass is 16.2. The molecular formula is C16H23N3O. The molecule has 0 spiro atoms. The van der Waals surface area contributed by atoms with Crippen LogP contribution in [0.2, 0.25) is 0 Å². The molecule has 2 amide bonds. The van der Waals surface area contributed by atoms with Crippen LogP contribution in [0.5, 0.6) is 0 Å².